The molecule has 0 saturated heterocycles. The quantitative estimate of drug-likeness (QED) is 0.142. The first kappa shape index (κ1) is 28.1. The molecule has 2 aromatic carbocycles. The van der Waals surface area contributed by atoms with Crippen molar-refractivity contribution in [2.45, 2.75) is 117 Å². The molecule has 34 heavy (non-hydrogen) atoms. The Hall–Kier alpha value is -2.16. The summed E-state index contributed by atoms with van der Waals surface area (Å²) in [5, 5.41) is 8.73. The number of aryl methyl sites for hydroxylation is 1. The number of hydrogen-bond donors (Lipinski definition) is 0. The zero-order chi connectivity index (χ0) is 24.1. The monoisotopic (exact) mass is 464 g/mol. The van der Waals surface area contributed by atoms with Crippen LogP contribution in [-0.2, 0) is 6.42 Å². The molecule has 0 saturated carbocycles. The lowest BCUT2D eigenvalue weighted by atomic mass is 10.1. The number of benzene rings is 2. The minimum Gasteiger partial charge on any atom is -0.494 e. The van der Waals surface area contributed by atoms with Gasteiger partial charge in [0, 0.05) is 0 Å². The summed E-state index contributed by atoms with van der Waals surface area (Å²) in [6.07, 6.45) is 21.3. The molecular weight excluding hydrogens is 416 g/mol. The lowest BCUT2D eigenvalue weighted by Crippen LogP contribution is -1.96. The van der Waals surface area contributed by atoms with Gasteiger partial charge in [0.25, 0.3) is 0 Å². The van der Waals surface area contributed by atoms with E-state index >= 15 is 0 Å². The summed E-state index contributed by atoms with van der Waals surface area (Å²) in [6, 6.07) is 16.4. The number of nitrogens with zero attached hydrogens (tertiary/aromatic N) is 2. The van der Waals surface area contributed by atoms with Crippen molar-refractivity contribution < 1.29 is 4.74 Å². The molecule has 0 bridgehead atoms. The zero-order valence-corrected chi connectivity index (χ0v) is 21.9. The van der Waals surface area contributed by atoms with E-state index in [0.717, 1.165) is 36.6 Å². The fourth-order valence-corrected chi connectivity index (χ4v) is 4.17. The number of rotatable bonds is 20. The van der Waals surface area contributed by atoms with Gasteiger partial charge in [-0.25, -0.2) is 0 Å². The Labute approximate surface area is 209 Å². The highest BCUT2D eigenvalue weighted by Crippen LogP contribution is 2.22. The molecule has 0 radical (unpaired) electrons. The molecule has 2 aromatic rings. The van der Waals surface area contributed by atoms with Crippen molar-refractivity contribution in [2.24, 2.45) is 10.2 Å². The molecule has 0 spiro atoms. The van der Waals surface area contributed by atoms with Crippen molar-refractivity contribution in [3.63, 3.8) is 0 Å². The minimum atomic E-state index is 0.795. The second-order valence-corrected chi connectivity index (χ2v) is 9.56. The summed E-state index contributed by atoms with van der Waals surface area (Å²) in [6.45, 7) is 5.32. The van der Waals surface area contributed by atoms with Gasteiger partial charge in [-0.3, -0.25) is 0 Å². The van der Waals surface area contributed by atoms with Gasteiger partial charge in [-0.05, 0) is 61.2 Å². The van der Waals surface area contributed by atoms with Gasteiger partial charge in [0.1, 0.15) is 5.75 Å². The molecule has 0 fully saturated rings. The Morgan fingerprint density at radius 1 is 0.500 bits per heavy atom. The third-order valence-electron chi connectivity index (χ3n) is 6.39. The molecule has 188 valence electrons. The number of ether oxygens (including phenoxy) is 1. The standard InChI is InChI=1S/C31H48N2O/c1-3-5-7-8-9-10-11-12-13-14-15-17-27-34-31-25-23-30(24-26-31)33-32-29-21-19-28(20-22-29)18-16-6-4-2/h19-26H,3-18,27H2,1-2H3. The van der Waals surface area contributed by atoms with Crippen molar-refractivity contribution in [3.8, 4) is 5.75 Å². The Morgan fingerprint density at radius 2 is 0.941 bits per heavy atom. The van der Waals surface area contributed by atoms with Crippen LogP contribution in [0.5, 0.6) is 5.75 Å². The maximum Gasteiger partial charge on any atom is 0.119 e. The summed E-state index contributed by atoms with van der Waals surface area (Å²) in [5.41, 5.74) is 3.12. The van der Waals surface area contributed by atoms with E-state index in [-0.39, 0.29) is 0 Å². The van der Waals surface area contributed by atoms with Gasteiger partial charge in [-0.1, -0.05) is 109 Å². The van der Waals surface area contributed by atoms with Crippen molar-refractivity contribution in [3.05, 3.63) is 54.1 Å². The van der Waals surface area contributed by atoms with Crippen LogP contribution >= 0.6 is 0 Å². The van der Waals surface area contributed by atoms with E-state index in [4.69, 9.17) is 4.74 Å². The lowest BCUT2D eigenvalue weighted by Gasteiger charge is -2.06. The molecule has 0 amide bonds. The zero-order valence-electron chi connectivity index (χ0n) is 21.9. The predicted octanol–water partition coefficient (Wildman–Crippen LogP) is 10.9. The van der Waals surface area contributed by atoms with Gasteiger partial charge < -0.3 is 4.74 Å². The number of unbranched alkanes of at least 4 members (excludes halogenated alkanes) is 13. The van der Waals surface area contributed by atoms with Crippen LogP contribution in [-0.4, -0.2) is 6.61 Å². The SMILES string of the molecule is CCCCCCCCCCCCCCOc1ccc(N=Nc2ccc(CCCCC)cc2)cc1. The van der Waals surface area contributed by atoms with E-state index in [1.165, 1.54) is 95.5 Å². The van der Waals surface area contributed by atoms with E-state index in [2.05, 4.69) is 48.3 Å². The van der Waals surface area contributed by atoms with Gasteiger partial charge in [0.2, 0.25) is 0 Å². The Kier molecular flexibility index (Phi) is 15.8. The van der Waals surface area contributed by atoms with Gasteiger partial charge in [0.15, 0.2) is 0 Å². The van der Waals surface area contributed by atoms with Crippen LogP contribution in [0.1, 0.15) is 116 Å². The molecular formula is C31H48N2O. The molecule has 0 aliphatic rings. The van der Waals surface area contributed by atoms with E-state index < -0.39 is 0 Å². The Morgan fingerprint density at radius 3 is 1.47 bits per heavy atom. The average molecular weight is 465 g/mol. The highest BCUT2D eigenvalue weighted by Gasteiger charge is 1.98. The van der Waals surface area contributed by atoms with Crippen LogP contribution in [0.15, 0.2) is 58.8 Å². The summed E-state index contributed by atoms with van der Waals surface area (Å²) >= 11 is 0. The maximum absolute atomic E-state index is 5.90. The maximum atomic E-state index is 5.90. The van der Waals surface area contributed by atoms with E-state index in [1.807, 2.05) is 24.3 Å². The van der Waals surface area contributed by atoms with Crippen molar-refractivity contribution in [2.75, 3.05) is 6.61 Å². The summed E-state index contributed by atoms with van der Waals surface area (Å²) < 4.78 is 5.90. The largest absolute Gasteiger partial charge is 0.494 e. The van der Waals surface area contributed by atoms with Gasteiger partial charge >= 0.3 is 0 Å². The first-order valence-corrected chi connectivity index (χ1v) is 14.1. The van der Waals surface area contributed by atoms with Gasteiger partial charge in [-0.15, -0.1) is 0 Å². The van der Waals surface area contributed by atoms with Gasteiger partial charge in [0.05, 0.1) is 18.0 Å². The van der Waals surface area contributed by atoms with Crippen LogP contribution in [0, 0.1) is 0 Å². The Bertz CT molecular complexity index is 752. The first-order valence-electron chi connectivity index (χ1n) is 14.1. The van der Waals surface area contributed by atoms with Crippen molar-refractivity contribution >= 4 is 11.4 Å². The summed E-state index contributed by atoms with van der Waals surface area (Å²) in [4.78, 5) is 0. The molecule has 0 N–H and O–H groups in total. The highest BCUT2D eigenvalue weighted by atomic mass is 16.5. The van der Waals surface area contributed by atoms with E-state index in [1.54, 1.807) is 0 Å². The fourth-order valence-electron chi connectivity index (χ4n) is 4.17. The van der Waals surface area contributed by atoms with E-state index in [9.17, 15) is 0 Å². The van der Waals surface area contributed by atoms with Crippen LogP contribution in [0.4, 0.5) is 11.4 Å². The molecule has 0 unspecified atom stereocenters. The molecule has 0 aliphatic heterocycles. The smallest absolute Gasteiger partial charge is 0.119 e. The number of azo groups is 1. The molecule has 3 nitrogen and oxygen atoms in total. The van der Waals surface area contributed by atoms with Crippen LogP contribution in [0.2, 0.25) is 0 Å². The predicted molar refractivity (Wildman–Crippen MR) is 147 cm³/mol. The topological polar surface area (TPSA) is 34.0 Å². The summed E-state index contributed by atoms with van der Waals surface area (Å²) in [7, 11) is 0. The van der Waals surface area contributed by atoms with E-state index in [0.29, 0.717) is 0 Å². The Balaban J connectivity index is 1.52. The number of hydrogen-bond acceptors (Lipinski definition) is 3. The minimum absolute atomic E-state index is 0.795. The first-order chi connectivity index (χ1) is 16.8. The third-order valence-corrected chi connectivity index (χ3v) is 6.39. The highest BCUT2D eigenvalue weighted by molar-refractivity contribution is 5.43. The average Bonchev–Trinajstić information content (AvgIpc) is 2.87. The van der Waals surface area contributed by atoms with Crippen molar-refractivity contribution in [1.29, 1.82) is 0 Å². The summed E-state index contributed by atoms with van der Waals surface area (Å²) in [5.74, 6) is 0.915. The molecule has 0 heterocycles. The van der Waals surface area contributed by atoms with Crippen LogP contribution in [0.3, 0.4) is 0 Å². The molecule has 2 rings (SSSR count). The van der Waals surface area contributed by atoms with Crippen LogP contribution in [0.25, 0.3) is 0 Å². The molecule has 0 atom stereocenters. The normalized spacial score (nSPS) is 11.4. The second-order valence-electron chi connectivity index (χ2n) is 9.56. The molecule has 0 aliphatic carbocycles. The lowest BCUT2D eigenvalue weighted by molar-refractivity contribution is 0.304. The van der Waals surface area contributed by atoms with Gasteiger partial charge in [-0.2, -0.15) is 10.2 Å². The third kappa shape index (κ3) is 13.5. The molecule has 3 heteroatoms. The van der Waals surface area contributed by atoms with Crippen LogP contribution < -0.4 is 4.74 Å². The second kappa shape index (κ2) is 19.2. The molecule has 0 aromatic heterocycles. The van der Waals surface area contributed by atoms with Crippen molar-refractivity contribution in [1.82, 2.24) is 0 Å². The fraction of sp³-hybridized carbons (Fsp3) is 0.613.